The Morgan fingerprint density at radius 1 is 1.29 bits per heavy atom. The summed E-state index contributed by atoms with van der Waals surface area (Å²) in [7, 11) is 0. The summed E-state index contributed by atoms with van der Waals surface area (Å²) in [5, 5.41) is 7.62. The normalized spacial score (nSPS) is 24.5. The lowest BCUT2D eigenvalue weighted by atomic mass is 9.70. The molecule has 0 spiro atoms. The van der Waals surface area contributed by atoms with Crippen LogP contribution in [0.2, 0.25) is 0 Å². The fourth-order valence-corrected chi connectivity index (χ4v) is 2.10. The SMILES string of the molecule is CCOC1(C(=N)N)CCC(C)(C)CC1. The van der Waals surface area contributed by atoms with E-state index in [4.69, 9.17) is 15.9 Å². The smallest absolute Gasteiger partial charge is 0.124 e. The number of rotatable bonds is 3. The van der Waals surface area contributed by atoms with Gasteiger partial charge in [0.2, 0.25) is 0 Å². The first-order valence-corrected chi connectivity index (χ1v) is 5.40. The van der Waals surface area contributed by atoms with Gasteiger partial charge in [0.1, 0.15) is 11.4 Å². The van der Waals surface area contributed by atoms with Gasteiger partial charge in [-0.3, -0.25) is 5.41 Å². The van der Waals surface area contributed by atoms with Crippen LogP contribution in [0.3, 0.4) is 0 Å². The maximum Gasteiger partial charge on any atom is 0.124 e. The highest BCUT2D eigenvalue weighted by Crippen LogP contribution is 2.41. The Morgan fingerprint density at radius 3 is 2.14 bits per heavy atom. The van der Waals surface area contributed by atoms with Crippen molar-refractivity contribution in [3.8, 4) is 0 Å². The van der Waals surface area contributed by atoms with Crippen LogP contribution in [0, 0.1) is 10.8 Å². The second-order valence-electron chi connectivity index (χ2n) is 5.01. The Balaban J connectivity index is 2.69. The summed E-state index contributed by atoms with van der Waals surface area (Å²) < 4.78 is 5.68. The summed E-state index contributed by atoms with van der Waals surface area (Å²) in [6.07, 6.45) is 3.96. The van der Waals surface area contributed by atoms with Gasteiger partial charge in [-0.1, -0.05) is 13.8 Å². The molecule has 0 saturated heterocycles. The minimum Gasteiger partial charge on any atom is -0.385 e. The summed E-state index contributed by atoms with van der Waals surface area (Å²) in [6, 6.07) is 0. The van der Waals surface area contributed by atoms with E-state index in [0.717, 1.165) is 25.7 Å². The minimum absolute atomic E-state index is 0.204. The Hall–Kier alpha value is -0.570. The summed E-state index contributed by atoms with van der Waals surface area (Å²) in [5.74, 6) is 0.204. The summed E-state index contributed by atoms with van der Waals surface area (Å²) in [6.45, 7) is 7.14. The molecule has 0 aliphatic heterocycles. The molecule has 1 saturated carbocycles. The average Bonchev–Trinajstić information content (AvgIpc) is 2.09. The monoisotopic (exact) mass is 198 g/mol. The van der Waals surface area contributed by atoms with E-state index in [1.165, 1.54) is 0 Å². The maximum absolute atomic E-state index is 7.62. The highest BCUT2D eigenvalue weighted by Gasteiger charge is 2.41. The second-order valence-corrected chi connectivity index (χ2v) is 5.01. The van der Waals surface area contributed by atoms with E-state index >= 15 is 0 Å². The van der Waals surface area contributed by atoms with E-state index in [1.54, 1.807) is 0 Å². The minimum atomic E-state index is -0.454. The van der Waals surface area contributed by atoms with Crippen LogP contribution < -0.4 is 5.73 Å². The molecule has 0 amide bonds. The number of amidine groups is 1. The largest absolute Gasteiger partial charge is 0.385 e. The first kappa shape index (κ1) is 11.5. The van der Waals surface area contributed by atoms with E-state index in [1.807, 2.05) is 6.92 Å². The van der Waals surface area contributed by atoms with Crippen molar-refractivity contribution in [2.24, 2.45) is 11.1 Å². The molecule has 3 N–H and O–H groups in total. The molecule has 1 aliphatic rings. The Kier molecular flexibility index (Phi) is 3.20. The molecule has 1 rings (SSSR count). The molecule has 1 fully saturated rings. The van der Waals surface area contributed by atoms with Crippen LogP contribution in [-0.2, 0) is 4.74 Å². The molecule has 1 aliphatic carbocycles. The molecule has 0 radical (unpaired) electrons. The third-order valence-corrected chi connectivity index (χ3v) is 3.32. The predicted molar refractivity (Wildman–Crippen MR) is 58.5 cm³/mol. The molecule has 3 nitrogen and oxygen atoms in total. The summed E-state index contributed by atoms with van der Waals surface area (Å²) >= 11 is 0. The number of nitrogens with one attached hydrogen (secondary N) is 1. The van der Waals surface area contributed by atoms with Crippen molar-refractivity contribution in [2.75, 3.05) is 6.61 Å². The summed E-state index contributed by atoms with van der Waals surface area (Å²) in [5.41, 5.74) is 5.57. The molecule has 0 atom stereocenters. The van der Waals surface area contributed by atoms with E-state index in [-0.39, 0.29) is 5.84 Å². The third-order valence-electron chi connectivity index (χ3n) is 3.32. The number of hydrogen-bond acceptors (Lipinski definition) is 2. The van der Waals surface area contributed by atoms with E-state index in [9.17, 15) is 0 Å². The van der Waals surface area contributed by atoms with Crippen LogP contribution in [0.15, 0.2) is 0 Å². The fraction of sp³-hybridized carbons (Fsp3) is 0.909. The van der Waals surface area contributed by atoms with Crippen LogP contribution in [0.25, 0.3) is 0 Å². The molecule has 0 unspecified atom stereocenters. The van der Waals surface area contributed by atoms with Crippen LogP contribution in [0.4, 0.5) is 0 Å². The van der Waals surface area contributed by atoms with Gasteiger partial charge in [0, 0.05) is 6.61 Å². The zero-order valence-electron chi connectivity index (χ0n) is 9.52. The predicted octanol–water partition coefficient (Wildman–Crippen LogP) is 2.30. The van der Waals surface area contributed by atoms with Gasteiger partial charge in [0.15, 0.2) is 0 Å². The van der Waals surface area contributed by atoms with Crippen LogP contribution >= 0.6 is 0 Å². The van der Waals surface area contributed by atoms with Crippen molar-refractivity contribution in [1.82, 2.24) is 0 Å². The van der Waals surface area contributed by atoms with Crippen LogP contribution in [-0.4, -0.2) is 18.0 Å². The molecule has 0 aromatic heterocycles. The average molecular weight is 198 g/mol. The highest BCUT2D eigenvalue weighted by atomic mass is 16.5. The van der Waals surface area contributed by atoms with Gasteiger partial charge >= 0.3 is 0 Å². The third kappa shape index (κ3) is 2.27. The molecule has 14 heavy (non-hydrogen) atoms. The van der Waals surface area contributed by atoms with Gasteiger partial charge in [0.25, 0.3) is 0 Å². The number of nitrogens with two attached hydrogens (primary N) is 1. The van der Waals surface area contributed by atoms with E-state index in [2.05, 4.69) is 13.8 Å². The molecular weight excluding hydrogens is 176 g/mol. The van der Waals surface area contributed by atoms with E-state index < -0.39 is 5.60 Å². The Morgan fingerprint density at radius 2 is 1.79 bits per heavy atom. The molecule has 82 valence electrons. The van der Waals surface area contributed by atoms with Crippen molar-refractivity contribution in [3.05, 3.63) is 0 Å². The molecule has 0 heterocycles. The molecule has 0 aromatic rings. The van der Waals surface area contributed by atoms with Crippen molar-refractivity contribution >= 4 is 5.84 Å². The molecular formula is C11H22N2O. The molecule has 0 aromatic carbocycles. The van der Waals surface area contributed by atoms with E-state index in [0.29, 0.717) is 12.0 Å². The molecule has 3 heteroatoms. The van der Waals surface area contributed by atoms with Gasteiger partial charge in [-0.15, -0.1) is 0 Å². The standard InChI is InChI=1S/C11H22N2O/c1-4-14-11(9(12)13)7-5-10(2,3)6-8-11/h4-8H2,1-3H3,(H3,12,13). The summed E-state index contributed by atoms with van der Waals surface area (Å²) in [4.78, 5) is 0. The van der Waals surface area contributed by atoms with Crippen molar-refractivity contribution < 1.29 is 4.74 Å². The van der Waals surface area contributed by atoms with Crippen LogP contribution in [0.1, 0.15) is 46.5 Å². The van der Waals surface area contributed by atoms with Crippen LogP contribution in [0.5, 0.6) is 0 Å². The van der Waals surface area contributed by atoms with Gasteiger partial charge in [-0.05, 0) is 38.0 Å². The number of hydrogen-bond donors (Lipinski definition) is 2. The Bertz CT molecular complexity index is 213. The quantitative estimate of drug-likeness (QED) is 0.540. The van der Waals surface area contributed by atoms with Gasteiger partial charge < -0.3 is 10.5 Å². The van der Waals surface area contributed by atoms with Gasteiger partial charge in [-0.25, -0.2) is 0 Å². The van der Waals surface area contributed by atoms with Crippen molar-refractivity contribution in [1.29, 1.82) is 5.41 Å². The Labute approximate surface area is 86.5 Å². The lowest BCUT2D eigenvalue weighted by Crippen LogP contribution is -2.49. The molecule has 0 bridgehead atoms. The maximum atomic E-state index is 7.62. The highest BCUT2D eigenvalue weighted by molar-refractivity contribution is 5.86. The van der Waals surface area contributed by atoms with Crippen molar-refractivity contribution in [2.45, 2.75) is 52.1 Å². The lowest BCUT2D eigenvalue weighted by Gasteiger charge is -2.42. The fourth-order valence-electron chi connectivity index (χ4n) is 2.10. The zero-order chi connectivity index (χ0) is 10.8. The first-order valence-electron chi connectivity index (χ1n) is 5.40. The second kappa shape index (κ2) is 3.89. The van der Waals surface area contributed by atoms with Gasteiger partial charge in [-0.2, -0.15) is 0 Å². The number of ether oxygens (including phenoxy) is 1. The zero-order valence-corrected chi connectivity index (χ0v) is 9.52. The van der Waals surface area contributed by atoms with Crippen molar-refractivity contribution in [3.63, 3.8) is 0 Å². The van der Waals surface area contributed by atoms with Gasteiger partial charge in [0.05, 0.1) is 0 Å². The first-order chi connectivity index (χ1) is 6.42. The topological polar surface area (TPSA) is 59.1 Å². The lowest BCUT2D eigenvalue weighted by molar-refractivity contribution is -0.0345.